The molecule has 2 rings (SSSR count). The lowest BCUT2D eigenvalue weighted by atomic mass is 9.59. The Kier molecular flexibility index (Phi) is 3.51. The fraction of sp³-hybridized carbons (Fsp3) is 0.933. The molecular formula is C15H26O2. The van der Waals surface area contributed by atoms with Gasteiger partial charge in [0.25, 0.3) is 0 Å². The minimum absolute atomic E-state index is 0.0221. The van der Waals surface area contributed by atoms with E-state index in [2.05, 4.69) is 20.8 Å². The predicted octanol–water partition coefficient (Wildman–Crippen LogP) is 3.65. The second-order valence-electron chi connectivity index (χ2n) is 7.19. The van der Waals surface area contributed by atoms with Crippen molar-refractivity contribution in [3.8, 4) is 0 Å². The standard InChI is InChI=1S/C15H26O2/c1-15(2,3)13-8-10-5-11(9-13)7-12(6-10)14(16)17-4/h10-13H,5-9H2,1-4H3/t10-,11+,12?,13?. The van der Waals surface area contributed by atoms with Crippen LogP contribution in [0.25, 0.3) is 0 Å². The molecule has 0 saturated heterocycles. The summed E-state index contributed by atoms with van der Waals surface area (Å²) in [7, 11) is 1.52. The molecule has 98 valence electrons. The zero-order valence-corrected chi connectivity index (χ0v) is 11.7. The SMILES string of the molecule is COC(=O)C1C[C@@H]2CC(C(C)(C)C)C[C@H](C1)C2. The van der Waals surface area contributed by atoms with Gasteiger partial charge in [-0.15, -0.1) is 0 Å². The fourth-order valence-electron chi connectivity index (χ4n) is 3.92. The van der Waals surface area contributed by atoms with Gasteiger partial charge in [-0.05, 0) is 55.3 Å². The lowest BCUT2D eigenvalue weighted by Gasteiger charge is -2.46. The van der Waals surface area contributed by atoms with E-state index < -0.39 is 0 Å². The molecule has 0 amide bonds. The van der Waals surface area contributed by atoms with Gasteiger partial charge in [0.2, 0.25) is 0 Å². The van der Waals surface area contributed by atoms with Crippen molar-refractivity contribution >= 4 is 5.97 Å². The van der Waals surface area contributed by atoms with E-state index in [1.165, 1.54) is 26.4 Å². The Labute approximate surface area is 105 Å². The number of carbonyl (C=O) groups excluding carboxylic acids is 1. The highest BCUT2D eigenvalue weighted by Gasteiger charge is 2.41. The van der Waals surface area contributed by atoms with E-state index in [-0.39, 0.29) is 11.9 Å². The van der Waals surface area contributed by atoms with E-state index in [4.69, 9.17) is 4.74 Å². The Morgan fingerprint density at radius 3 is 1.94 bits per heavy atom. The quantitative estimate of drug-likeness (QED) is 0.652. The first-order chi connectivity index (χ1) is 7.90. The Balaban J connectivity index is 2.00. The average Bonchev–Trinajstić information content (AvgIpc) is 2.25. The number of esters is 1. The Morgan fingerprint density at radius 1 is 1.00 bits per heavy atom. The minimum atomic E-state index is 0.0221. The fourth-order valence-corrected chi connectivity index (χ4v) is 3.92. The number of methoxy groups -OCH3 is 1. The third-order valence-corrected chi connectivity index (χ3v) is 4.90. The van der Waals surface area contributed by atoms with Gasteiger partial charge >= 0.3 is 5.97 Å². The van der Waals surface area contributed by atoms with E-state index in [1.54, 1.807) is 0 Å². The summed E-state index contributed by atoms with van der Waals surface area (Å²) in [5.74, 6) is 2.56. The summed E-state index contributed by atoms with van der Waals surface area (Å²) >= 11 is 0. The summed E-state index contributed by atoms with van der Waals surface area (Å²) in [4.78, 5) is 11.7. The number of ether oxygens (including phenoxy) is 1. The van der Waals surface area contributed by atoms with Crippen molar-refractivity contribution in [1.82, 2.24) is 0 Å². The third kappa shape index (κ3) is 2.83. The van der Waals surface area contributed by atoms with Crippen LogP contribution in [0.1, 0.15) is 52.9 Å². The van der Waals surface area contributed by atoms with E-state index in [0.717, 1.165) is 30.6 Å². The molecule has 17 heavy (non-hydrogen) atoms. The summed E-state index contributed by atoms with van der Waals surface area (Å²) in [5.41, 5.74) is 0.426. The molecule has 2 saturated carbocycles. The maximum Gasteiger partial charge on any atom is 0.308 e. The first kappa shape index (κ1) is 12.9. The molecule has 0 radical (unpaired) electrons. The molecule has 2 bridgehead atoms. The minimum Gasteiger partial charge on any atom is -0.469 e. The topological polar surface area (TPSA) is 26.3 Å². The highest BCUT2D eigenvalue weighted by molar-refractivity contribution is 5.72. The second-order valence-corrected chi connectivity index (χ2v) is 7.19. The normalized spacial score (nSPS) is 37.6. The maximum atomic E-state index is 11.7. The molecule has 0 heterocycles. The van der Waals surface area contributed by atoms with Gasteiger partial charge in [0.05, 0.1) is 13.0 Å². The van der Waals surface area contributed by atoms with Crippen molar-refractivity contribution in [3.05, 3.63) is 0 Å². The third-order valence-electron chi connectivity index (χ3n) is 4.90. The molecule has 2 aliphatic rings. The highest BCUT2D eigenvalue weighted by Crippen LogP contribution is 2.49. The Hall–Kier alpha value is -0.530. The van der Waals surface area contributed by atoms with Gasteiger partial charge in [0.15, 0.2) is 0 Å². The van der Waals surface area contributed by atoms with Crippen LogP contribution in [0.15, 0.2) is 0 Å². The van der Waals surface area contributed by atoms with Gasteiger partial charge in [-0.1, -0.05) is 20.8 Å². The molecule has 0 aromatic carbocycles. The lowest BCUT2D eigenvalue weighted by molar-refractivity contribution is -0.148. The predicted molar refractivity (Wildman–Crippen MR) is 68.5 cm³/mol. The van der Waals surface area contributed by atoms with Crippen molar-refractivity contribution in [2.24, 2.45) is 29.1 Å². The number of hydrogen-bond acceptors (Lipinski definition) is 2. The van der Waals surface area contributed by atoms with Crippen molar-refractivity contribution in [1.29, 1.82) is 0 Å². The van der Waals surface area contributed by atoms with Crippen LogP contribution in [0.2, 0.25) is 0 Å². The van der Waals surface area contributed by atoms with Crippen LogP contribution in [0.3, 0.4) is 0 Å². The van der Waals surface area contributed by atoms with E-state index in [9.17, 15) is 4.79 Å². The number of fused-ring (bicyclic) bond motifs is 2. The van der Waals surface area contributed by atoms with E-state index in [0.29, 0.717) is 5.41 Å². The molecule has 2 unspecified atom stereocenters. The summed E-state index contributed by atoms with van der Waals surface area (Å²) in [6.07, 6.45) is 6.10. The van der Waals surface area contributed by atoms with E-state index in [1.807, 2.05) is 0 Å². The molecule has 2 fully saturated rings. The zero-order chi connectivity index (χ0) is 12.6. The molecule has 2 heteroatoms. The number of carbonyl (C=O) groups is 1. The first-order valence-electron chi connectivity index (χ1n) is 6.98. The first-order valence-corrected chi connectivity index (χ1v) is 6.98. The molecule has 0 aromatic heterocycles. The van der Waals surface area contributed by atoms with Crippen LogP contribution in [0.4, 0.5) is 0 Å². The lowest BCUT2D eigenvalue weighted by Crippen LogP contribution is -2.38. The molecule has 0 aliphatic heterocycles. The van der Waals surface area contributed by atoms with Crippen LogP contribution in [0, 0.1) is 29.1 Å². The Bertz CT molecular complexity index is 276. The van der Waals surface area contributed by atoms with Crippen molar-refractivity contribution in [2.75, 3.05) is 7.11 Å². The van der Waals surface area contributed by atoms with Gasteiger partial charge in [0.1, 0.15) is 0 Å². The summed E-state index contributed by atoms with van der Waals surface area (Å²) in [5, 5.41) is 0. The van der Waals surface area contributed by atoms with E-state index >= 15 is 0 Å². The summed E-state index contributed by atoms with van der Waals surface area (Å²) < 4.78 is 4.91. The molecule has 2 nitrogen and oxygen atoms in total. The van der Waals surface area contributed by atoms with Crippen LogP contribution in [0.5, 0.6) is 0 Å². The van der Waals surface area contributed by atoms with Crippen molar-refractivity contribution in [2.45, 2.75) is 52.9 Å². The molecular weight excluding hydrogens is 212 g/mol. The average molecular weight is 238 g/mol. The summed E-state index contributed by atoms with van der Waals surface area (Å²) in [6.45, 7) is 7.07. The largest absolute Gasteiger partial charge is 0.469 e. The molecule has 4 atom stereocenters. The van der Waals surface area contributed by atoms with Gasteiger partial charge < -0.3 is 4.74 Å². The number of rotatable bonds is 1. The summed E-state index contributed by atoms with van der Waals surface area (Å²) in [6, 6.07) is 0. The molecule has 0 spiro atoms. The van der Waals surface area contributed by atoms with Crippen LogP contribution >= 0.6 is 0 Å². The van der Waals surface area contributed by atoms with Crippen LogP contribution in [-0.2, 0) is 9.53 Å². The highest BCUT2D eigenvalue weighted by atomic mass is 16.5. The number of hydrogen-bond donors (Lipinski definition) is 0. The van der Waals surface area contributed by atoms with Gasteiger partial charge in [-0.25, -0.2) is 0 Å². The van der Waals surface area contributed by atoms with Gasteiger partial charge in [0, 0.05) is 0 Å². The smallest absolute Gasteiger partial charge is 0.308 e. The molecule has 0 aromatic rings. The second kappa shape index (κ2) is 4.62. The molecule has 0 N–H and O–H groups in total. The van der Waals surface area contributed by atoms with Crippen LogP contribution in [-0.4, -0.2) is 13.1 Å². The Morgan fingerprint density at radius 2 is 1.53 bits per heavy atom. The van der Waals surface area contributed by atoms with Gasteiger partial charge in [-0.2, -0.15) is 0 Å². The van der Waals surface area contributed by atoms with Crippen LogP contribution < -0.4 is 0 Å². The monoisotopic (exact) mass is 238 g/mol. The van der Waals surface area contributed by atoms with Crippen molar-refractivity contribution < 1.29 is 9.53 Å². The maximum absolute atomic E-state index is 11.7. The van der Waals surface area contributed by atoms with Gasteiger partial charge in [-0.3, -0.25) is 4.79 Å². The zero-order valence-electron chi connectivity index (χ0n) is 11.7. The molecule has 2 aliphatic carbocycles. The van der Waals surface area contributed by atoms with Crippen molar-refractivity contribution in [3.63, 3.8) is 0 Å².